The molecule has 0 bridgehead atoms. The van der Waals surface area contributed by atoms with Crippen molar-refractivity contribution >= 4 is 22.8 Å². The van der Waals surface area contributed by atoms with Crippen molar-refractivity contribution in [1.29, 1.82) is 0 Å². The van der Waals surface area contributed by atoms with Gasteiger partial charge in [0.2, 0.25) is 11.7 Å². The van der Waals surface area contributed by atoms with Gasteiger partial charge >= 0.3 is 11.9 Å². The Hall–Kier alpha value is -3.20. The zero-order chi connectivity index (χ0) is 20.3. The molecule has 1 fully saturated rings. The molecule has 1 saturated heterocycles. The molecule has 0 aliphatic carbocycles. The normalized spacial score (nSPS) is 15.2. The first-order valence-electron chi connectivity index (χ1n) is 8.93. The number of benzene rings is 1. The third-order valence-corrected chi connectivity index (χ3v) is 4.81. The Morgan fingerprint density at radius 3 is 2.46 bits per heavy atom. The molecule has 0 unspecified atom stereocenters. The van der Waals surface area contributed by atoms with Crippen LogP contribution in [0.2, 0.25) is 0 Å². The highest BCUT2D eigenvalue weighted by atomic mass is 16.5. The van der Waals surface area contributed by atoms with Crippen LogP contribution >= 0.6 is 0 Å². The predicted octanol–water partition coefficient (Wildman–Crippen LogP) is 2.49. The number of carboxylic acids is 2. The van der Waals surface area contributed by atoms with E-state index in [2.05, 4.69) is 41.1 Å². The molecule has 148 valence electrons. The average molecular weight is 386 g/mol. The molecule has 3 N–H and O–H groups in total. The fourth-order valence-corrected chi connectivity index (χ4v) is 3.32. The molecule has 1 aliphatic rings. The summed E-state index contributed by atoms with van der Waals surface area (Å²) in [7, 11) is 2.16. The molecule has 9 nitrogen and oxygen atoms in total. The Morgan fingerprint density at radius 2 is 1.82 bits per heavy atom. The quantitative estimate of drug-likeness (QED) is 0.572. The molecule has 0 radical (unpaired) electrons. The number of aromatic amines is 1. The highest BCUT2D eigenvalue weighted by molar-refractivity contribution is 6.27. The third kappa shape index (κ3) is 4.20. The number of piperidine rings is 1. The van der Waals surface area contributed by atoms with Crippen LogP contribution in [0, 0.1) is 6.92 Å². The maximum absolute atomic E-state index is 9.10. The Balaban J connectivity index is 0.000000330. The standard InChI is InChI=1S/C17H20N4O.C2H2O4/c1-11-15(13-5-3-4-6-14(13)18-11)16-19-17(22-20-16)12-7-9-21(2)10-8-12;3-1(4)2(5)6/h3-6,12,18H,7-10H2,1-2H3;(H,3,4)(H,5,6). The number of aromatic nitrogens is 3. The molecule has 0 atom stereocenters. The van der Waals surface area contributed by atoms with Gasteiger partial charge in [-0.15, -0.1) is 0 Å². The first-order valence-corrected chi connectivity index (χ1v) is 8.93. The van der Waals surface area contributed by atoms with Crippen molar-refractivity contribution < 1.29 is 24.3 Å². The van der Waals surface area contributed by atoms with Crippen molar-refractivity contribution in [1.82, 2.24) is 20.0 Å². The lowest BCUT2D eigenvalue weighted by atomic mass is 9.97. The van der Waals surface area contributed by atoms with E-state index in [4.69, 9.17) is 29.3 Å². The van der Waals surface area contributed by atoms with Crippen molar-refractivity contribution in [3.8, 4) is 11.4 Å². The van der Waals surface area contributed by atoms with E-state index in [1.165, 1.54) is 0 Å². The lowest BCUT2D eigenvalue weighted by Gasteiger charge is -2.26. The Bertz CT molecular complexity index is 973. The molecule has 4 rings (SSSR count). The zero-order valence-corrected chi connectivity index (χ0v) is 15.7. The summed E-state index contributed by atoms with van der Waals surface area (Å²) in [5.41, 5.74) is 3.25. The van der Waals surface area contributed by atoms with Gasteiger partial charge in [-0.3, -0.25) is 0 Å². The van der Waals surface area contributed by atoms with Gasteiger partial charge in [-0.05, 0) is 46.0 Å². The van der Waals surface area contributed by atoms with E-state index in [0.29, 0.717) is 11.7 Å². The molecular formula is C19H22N4O5. The number of H-pyrrole nitrogens is 1. The zero-order valence-electron chi connectivity index (χ0n) is 15.7. The van der Waals surface area contributed by atoms with Crippen LogP contribution in [-0.4, -0.2) is 62.3 Å². The first-order chi connectivity index (χ1) is 13.4. The van der Waals surface area contributed by atoms with Crippen LogP contribution in [0.3, 0.4) is 0 Å². The summed E-state index contributed by atoms with van der Waals surface area (Å²) in [6.45, 7) is 4.24. The number of fused-ring (bicyclic) bond motifs is 1. The van der Waals surface area contributed by atoms with Crippen molar-refractivity contribution in [3.63, 3.8) is 0 Å². The Morgan fingerprint density at radius 1 is 1.18 bits per heavy atom. The van der Waals surface area contributed by atoms with Crippen molar-refractivity contribution in [3.05, 3.63) is 35.9 Å². The number of likely N-dealkylation sites (tertiary alicyclic amines) is 1. The predicted molar refractivity (Wildman–Crippen MR) is 101 cm³/mol. The van der Waals surface area contributed by atoms with Crippen LogP contribution in [0.1, 0.15) is 30.3 Å². The summed E-state index contributed by atoms with van der Waals surface area (Å²) in [5, 5.41) is 20.2. The van der Waals surface area contributed by atoms with Gasteiger partial charge in [-0.2, -0.15) is 4.98 Å². The second kappa shape index (κ2) is 8.22. The van der Waals surface area contributed by atoms with Crippen LogP contribution in [0.4, 0.5) is 0 Å². The fraction of sp³-hybridized carbons (Fsp3) is 0.368. The summed E-state index contributed by atoms with van der Waals surface area (Å²) in [6.07, 6.45) is 2.18. The Labute approximate surface area is 161 Å². The molecule has 1 aliphatic heterocycles. The van der Waals surface area contributed by atoms with Gasteiger partial charge < -0.3 is 24.6 Å². The maximum atomic E-state index is 9.10. The van der Waals surface area contributed by atoms with E-state index >= 15 is 0 Å². The summed E-state index contributed by atoms with van der Waals surface area (Å²) >= 11 is 0. The second-order valence-corrected chi connectivity index (χ2v) is 6.81. The summed E-state index contributed by atoms with van der Waals surface area (Å²) in [4.78, 5) is 28.6. The van der Waals surface area contributed by atoms with E-state index in [1.807, 2.05) is 12.1 Å². The molecular weight excluding hydrogens is 364 g/mol. The molecule has 28 heavy (non-hydrogen) atoms. The molecule has 0 saturated carbocycles. The highest BCUT2D eigenvalue weighted by Crippen LogP contribution is 2.32. The van der Waals surface area contributed by atoms with Gasteiger partial charge in [0, 0.05) is 22.5 Å². The number of carbonyl (C=O) groups is 2. The monoisotopic (exact) mass is 386 g/mol. The first kappa shape index (κ1) is 19.6. The molecule has 2 aromatic heterocycles. The van der Waals surface area contributed by atoms with Gasteiger partial charge in [0.1, 0.15) is 0 Å². The van der Waals surface area contributed by atoms with Crippen molar-refractivity contribution in [2.75, 3.05) is 20.1 Å². The third-order valence-electron chi connectivity index (χ3n) is 4.81. The van der Waals surface area contributed by atoms with Crippen LogP contribution in [0.15, 0.2) is 28.8 Å². The number of aryl methyl sites for hydroxylation is 1. The number of rotatable bonds is 2. The van der Waals surface area contributed by atoms with E-state index < -0.39 is 11.9 Å². The lowest BCUT2D eigenvalue weighted by Crippen LogP contribution is -2.29. The van der Waals surface area contributed by atoms with Gasteiger partial charge in [0.05, 0.1) is 5.56 Å². The summed E-state index contributed by atoms with van der Waals surface area (Å²) in [5.74, 6) is -1.77. The number of para-hydroxylation sites is 1. The number of aliphatic carboxylic acids is 2. The minimum atomic E-state index is -1.82. The smallest absolute Gasteiger partial charge is 0.414 e. The fourth-order valence-electron chi connectivity index (χ4n) is 3.32. The molecule has 1 aromatic carbocycles. The highest BCUT2D eigenvalue weighted by Gasteiger charge is 2.25. The largest absolute Gasteiger partial charge is 0.473 e. The summed E-state index contributed by atoms with van der Waals surface area (Å²) in [6, 6.07) is 8.24. The van der Waals surface area contributed by atoms with Gasteiger partial charge in [-0.1, -0.05) is 23.4 Å². The lowest BCUT2D eigenvalue weighted by molar-refractivity contribution is -0.159. The van der Waals surface area contributed by atoms with Crippen molar-refractivity contribution in [2.24, 2.45) is 0 Å². The van der Waals surface area contributed by atoms with Crippen LogP contribution in [0.25, 0.3) is 22.3 Å². The molecule has 0 spiro atoms. The number of carboxylic acid groups (broad SMARTS) is 2. The average Bonchev–Trinajstić information content (AvgIpc) is 3.26. The van der Waals surface area contributed by atoms with Gasteiger partial charge in [0.15, 0.2) is 0 Å². The number of hydrogen-bond donors (Lipinski definition) is 3. The minimum Gasteiger partial charge on any atom is -0.473 e. The molecule has 3 aromatic rings. The van der Waals surface area contributed by atoms with Gasteiger partial charge in [0.25, 0.3) is 0 Å². The van der Waals surface area contributed by atoms with E-state index in [-0.39, 0.29) is 0 Å². The number of nitrogens with zero attached hydrogens (tertiary/aromatic N) is 3. The number of nitrogens with one attached hydrogen (secondary N) is 1. The molecule has 9 heteroatoms. The van der Waals surface area contributed by atoms with Crippen LogP contribution in [-0.2, 0) is 9.59 Å². The van der Waals surface area contributed by atoms with Gasteiger partial charge in [-0.25, -0.2) is 9.59 Å². The van der Waals surface area contributed by atoms with Crippen molar-refractivity contribution in [2.45, 2.75) is 25.7 Å². The molecule has 3 heterocycles. The second-order valence-electron chi connectivity index (χ2n) is 6.81. The SMILES string of the molecule is Cc1[nH]c2ccccc2c1-c1noc(C2CCN(C)CC2)n1.O=C(O)C(=O)O. The Kier molecular flexibility index (Phi) is 5.74. The topological polar surface area (TPSA) is 133 Å². The minimum absolute atomic E-state index is 0.392. The van der Waals surface area contributed by atoms with Crippen LogP contribution in [0.5, 0.6) is 0 Å². The summed E-state index contributed by atoms with van der Waals surface area (Å²) < 4.78 is 5.57. The van der Waals surface area contributed by atoms with Crippen LogP contribution < -0.4 is 0 Å². The van der Waals surface area contributed by atoms with E-state index in [1.54, 1.807) is 0 Å². The maximum Gasteiger partial charge on any atom is 0.414 e. The number of hydrogen-bond acceptors (Lipinski definition) is 6. The van der Waals surface area contributed by atoms with E-state index in [0.717, 1.165) is 54.0 Å². The molecule has 0 amide bonds. The van der Waals surface area contributed by atoms with E-state index in [9.17, 15) is 0 Å².